The van der Waals surface area contributed by atoms with Gasteiger partial charge in [0.1, 0.15) is 0 Å². The summed E-state index contributed by atoms with van der Waals surface area (Å²) in [5.74, 6) is -14.8. The van der Waals surface area contributed by atoms with Crippen molar-refractivity contribution in [2.45, 2.75) is 11.2 Å². The fourth-order valence-electron chi connectivity index (χ4n) is 1.51. The van der Waals surface area contributed by atoms with Crippen LogP contribution in [-0.4, -0.2) is 13.4 Å². The Hall–Kier alpha value is -2.44. The Morgan fingerprint density at radius 1 is 0.840 bits per heavy atom. The van der Waals surface area contributed by atoms with Gasteiger partial charge in [0, 0.05) is 6.20 Å². The monoisotopic (exact) mass is 393 g/mol. The van der Waals surface area contributed by atoms with E-state index in [1.165, 1.54) is 0 Å². The molecule has 0 saturated heterocycles. The van der Waals surface area contributed by atoms with Crippen molar-refractivity contribution in [2.24, 2.45) is 0 Å². The molecule has 0 unspecified atom stereocenters. The maximum atomic E-state index is 13.4. The number of halogens is 8. The number of rotatable bonds is 3. The van der Waals surface area contributed by atoms with E-state index in [4.69, 9.17) is 0 Å². The summed E-state index contributed by atoms with van der Waals surface area (Å²) >= 11 is 0. The van der Waals surface area contributed by atoms with E-state index in [-0.39, 0.29) is 18.3 Å². The van der Waals surface area contributed by atoms with Crippen LogP contribution < -0.4 is 4.18 Å². The summed E-state index contributed by atoms with van der Waals surface area (Å²) in [5, 5.41) is -1.25. The number of benzene rings is 1. The molecule has 0 amide bonds. The van der Waals surface area contributed by atoms with Crippen LogP contribution in [0.3, 0.4) is 0 Å². The number of hydrogen-bond acceptors (Lipinski definition) is 4. The Balaban J connectivity index is 2.47. The minimum Gasteiger partial charge on any atom is -0.371 e. The molecule has 13 heteroatoms. The van der Waals surface area contributed by atoms with E-state index >= 15 is 0 Å². The first-order valence-corrected chi connectivity index (χ1v) is 7.26. The van der Waals surface area contributed by atoms with Gasteiger partial charge < -0.3 is 4.18 Å². The van der Waals surface area contributed by atoms with Gasteiger partial charge >= 0.3 is 16.3 Å². The molecule has 0 atom stereocenters. The average Bonchev–Trinajstić information content (AvgIpc) is 2.54. The van der Waals surface area contributed by atoms with E-state index in [0.29, 0.717) is 0 Å². The normalized spacial score (nSPS) is 12.3. The molecule has 2 rings (SSSR count). The molecule has 0 aliphatic heterocycles. The van der Waals surface area contributed by atoms with Gasteiger partial charge in [-0.15, -0.1) is 0 Å². The molecule has 0 fully saturated rings. The standard InChI is InChI=1S/C12H3F8NO3S/c13-6-7(14)9(16)11(10(17)8(6)15)24-25(22,23)5-2-1-4(3-21-5)12(18,19)20/h1-3H. The molecule has 1 aromatic heterocycles. The van der Waals surface area contributed by atoms with Crippen LogP contribution in [0.5, 0.6) is 5.75 Å². The highest BCUT2D eigenvalue weighted by Crippen LogP contribution is 2.32. The predicted octanol–water partition coefficient (Wildman–Crippen LogP) is 3.56. The van der Waals surface area contributed by atoms with Crippen LogP contribution in [0, 0.1) is 29.1 Å². The lowest BCUT2D eigenvalue weighted by Gasteiger charge is -2.10. The van der Waals surface area contributed by atoms with E-state index in [1.54, 1.807) is 0 Å². The third-order valence-corrected chi connectivity index (χ3v) is 3.82. The number of nitrogens with zero attached hydrogens (tertiary/aromatic N) is 1. The van der Waals surface area contributed by atoms with Crippen LogP contribution >= 0.6 is 0 Å². The zero-order valence-corrected chi connectivity index (χ0v) is 12.2. The van der Waals surface area contributed by atoms with Gasteiger partial charge in [0.15, 0.2) is 5.03 Å². The summed E-state index contributed by atoms with van der Waals surface area (Å²) in [6.07, 6.45) is -4.77. The number of pyridine rings is 1. The van der Waals surface area contributed by atoms with E-state index in [2.05, 4.69) is 9.17 Å². The molecular formula is C12H3F8NO3S. The van der Waals surface area contributed by atoms with Gasteiger partial charge in [-0.1, -0.05) is 0 Å². The lowest BCUT2D eigenvalue weighted by molar-refractivity contribution is -0.137. The molecule has 0 aliphatic rings. The summed E-state index contributed by atoms with van der Waals surface area (Å²) < 4.78 is 130. The van der Waals surface area contributed by atoms with Crippen LogP contribution in [0.15, 0.2) is 23.4 Å². The zero-order valence-electron chi connectivity index (χ0n) is 11.3. The second-order valence-corrected chi connectivity index (χ2v) is 5.81. The van der Waals surface area contributed by atoms with E-state index in [1.807, 2.05) is 0 Å². The van der Waals surface area contributed by atoms with Crippen molar-refractivity contribution in [1.29, 1.82) is 0 Å². The van der Waals surface area contributed by atoms with Gasteiger partial charge in [-0.2, -0.15) is 30.4 Å². The first kappa shape index (κ1) is 18.9. The fraction of sp³-hybridized carbons (Fsp3) is 0.0833. The zero-order chi connectivity index (χ0) is 19.2. The first-order valence-electron chi connectivity index (χ1n) is 5.85. The highest BCUT2D eigenvalue weighted by atomic mass is 32.2. The Labute approximate surface area is 133 Å². The third-order valence-electron chi connectivity index (χ3n) is 2.68. The number of alkyl halides is 3. The number of aromatic nitrogens is 1. The summed E-state index contributed by atoms with van der Waals surface area (Å²) in [7, 11) is -5.28. The maximum Gasteiger partial charge on any atom is 0.417 e. The molecule has 1 aromatic carbocycles. The van der Waals surface area contributed by atoms with E-state index in [0.717, 1.165) is 0 Å². The first-order chi connectivity index (χ1) is 11.4. The van der Waals surface area contributed by atoms with Crippen molar-refractivity contribution in [3.05, 3.63) is 53.0 Å². The van der Waals surface area contributed by atoms with Gasteiger partial charge in [-0.05, 0) is 12.1 Å². The summed E-state index contributed by atoms with van der Waals surface area (Å²) in [6.45, 7) is 0. The smallest absolute Gasteiger partial charge is 0.371 e. The van der Waals surface area contributed by atoms with Gasteiger partial charge in [0.25, 0.3) is 0 Å². The molecule has 1 heterocycles. The summed E-state index contributed by atoms with van der Waals surface area (Å²) in [4.78, 5) is 2.90. The van der Waals surface area contributed by atoms with Gasteiger partial charge in [-0.3, -0.25) is 0 Å². The lowest BCUT2D eigenvalue weighted by atomic mass is 10.3. The SMILES string of the molecule is O=S(=O)(Oc1c(F)c(F)c(F)c(F)c1F)c1ccc(C(F)(F)F)cn1. The largest absolute Gasteiger partial charge is 0.417 e. The molecule has 136 valence electrons. The minimum atomic E-state index is -5.28. The van der Waals surface area contributed by atoms with Crippen LogP contribution in [0.25, 0.3) is 0 Å². The molecule has 4 nitrogen and oxygen atoms in total. The van der Waals surface area contributed by atoms with Crippen molar-refractivity contribution in [3.8, 4) is 5.75 Å². The highest BCUT2D eigenvalue weighted by molar-refractivity contribution is 7.87. The van der Waals surface area contributed by atoms with Crippen molar-refractivity contribution in [1.82, 2.24) is 4.98 Å². The molecule has 2 aromatic rings. The molecular weight excluding hydrogens is 390 g/mol. The molecule has 0 radical (unpaired) electrons. The molecule has 0 spiro atoms. The quantitative estimate of drug-likeness (QED) is 0.346. The predicted molar refractivity (Wildman–Crippen MR) is 63.3 cm³/mol. The van der Waals surface area contributed by atoms with E-state index in [9.17, 15) is 43.5 Å². The molecule has 0 N–H and O–H groups in total. The molecule has 0 bridgehead atoms. The van der Waals surface area contributed by atoms with Gasteiger partial charge in [0.05, 0.1) is 5.56 Å². The van der Waals surface area contributed by atoms with Crippen molar-refractivity contribution in [3.63, 3.8) is 0 Å². The van der Waals surface area contributed by atoms with Gasteiger partial charge in [-0.25, -0.2) is 18.2 Å². The second-order valence-electron chi connectivity index (χ2n) is 4.32. The molecule has 25 heavy (non-hydrogen) atoms. The Bertz CT molecular complexity index is 896. The van der Waals surface area contributed by atoms with Crippen molar-refractivity contribution < 1.29 is 47.7 Å². The Kier molecular flexibility index (Phi) is 4.63. The fourth-order valence-corrected chi connectivity index (χ4v) is 2.37. The minimum absolute atomic E-state index is 0.0782. The molecule has 0 aliphatic carbocycles. The van der Waals surface area contributed by atoms with Crippen LogP contribution in [-0.2, 0) is 16.3 Å². The van der Waals surface area contributed by atoms with Crippen molar-refractivity contribution >= 4 is 10.1 Å². The molecule has 0 saturated carbocycles. The average molecular weight is 393 g/mol. The van der Waals surface area contributed by atoms with Crippen LogP contribution in [0.2, 0.25) is 0 Å². The van der Waals surface area contributed by atoms with E-state index < -0.39 is 61.7 Å². The van der Waals surface area contributed by atoms with Crippen LogP contribution in [0.1, 0.15) is 5.56 Å². The third kappa shape index (κ3) is 3.50. The maximum absolute atomic E-state index is 13.4. The van der Waals surface area contributed by atoms with Crippen molar-refractivity contribution in [2.75, 3.05) is 0 Å². The number of hydrogen-bond donors (Lipinski definition) is 0. The van der Waals surface area contributed by atoms with Gasteiger partial charge in [0.2, 0.25) is 34.8 Å². The topological polar surface area (TPSA) is 56.3 Å². The highest BCUT2D eigenvalue weighted by Gasteiger charge is 2.33. The Morgan fingerprint density at radius 3 is 1.72 bits per heavy atom. The second kappa shape index (κ2) is 6.13. The Morgan fingerprint density at radius 2 is 1.32 bits per heavy atom. The lowest BCUT2D eigenvalue weighted by Crippen LogP contribution is -2.16. The van der Waals surface area contributed by atoms with Crippen LogP contribution in [0.4, 0.5) is 35.1 Å². The summed E-state index contributed by atoms with van der Waals surface area (Å²) in [6, 6.07) is 0.548. The summed E-state index contributed by atoms with van der Waals surface area (Å²) in [5.41, 5.74) is -1.34.